The van der Waals surface area contributed by atoms with Gasteiger partial charge in [-0.1, -0.05) is 22.9 Å². The molecule has 1 aromatic rings. The summed E-state index contributed by atoms with van der Waals surface area (Å²) in [6, 6.07) is 5.24. The molecule has 1 atom stereocenters. The van der Waals surface area contributed by atoms with Crippen LogP contribution in [-0.4, -0.2) is 25.7 Å². The van der Waals surface area contributed by atoms with Gasteiger partial charge in [0.05, 0.1) is 0 Å². The van der Waals surface area contributed by atoms with Crippen LogP contribution >= 0.6 is 15.9 Å². The number of nitrogens with one attached hydrogen (secondary N) is 1. The van der Waals surface area contributed by atoms with Crippen LogP contribution in [0.1, 0.15) is 30.9 Å². The summed E-state index contributed by atoms with van der Waals surface area (Å²) >= 11 is 3.64. The molecular formula is C15H23BrN2. The minimum Gasteiger partial charge on any atom is -0.370 e. The highest BCUT2D eigenvalue weighted by atomic mass is 79.9. The monoisotopic (exact) mass is 310 g/mol. The number of hydrogen-bond donors (Lipinski definition) is 1. The van der Waals surface area contributed by atoms with Crippen molar-refractivity contribution < 1.29 is 0 Å². The fourth-order valence-corrected chi connectivity index (χ4v) is 2.84. The van der Waals surface area contributed by atoms with Crippen molar-refractivity contribution in [1.29, 1.82) is 0 Å². The summed E-state index contributed by atoms with van der Waals surface area (Å²) in [4.78, 5) is 2.50. The Morgan fingerprint density at radius 3 is 2.61 bits per heavy atom. The van der Waals surface area contributed by atoms with Gasteiger partial charge in [0.2, 0.25) is 0 Å². The lowest BCUT2D eigenvalue weighted by molar-refractivity contribution is 0.549. The lowest BCUT2D eigenvalue weighted by atomic mass is 10.1. The highest BCUT2D eigenvalue weighted by Gasteiger charge is 2.22. The molecule has 0 spiro atoms. The fraction of sp³-hybridized carbons (Fsp3) is 0.600. The quantitative estimate of drug-likeness (QED) is 0.913. The van der Waals surface area contributed by atoms with Crippen LogP contribution in [0.3, 0.4) is 0 Å². The number of nitrogens with zero attached hydrogens (tertiary/aromatic N) is 1. The Morgan fingerprint density at radius 2 is 2.00 bits per heavy atom. The van der Waals surface area contributed by atoms with Gasteiger partial charge in [-0.25, -0.2) is 0 Å². The molecule has 1 heterocycles. The Kier molecular flexibility index (Phi) is 4.68. The second-order valence-electron chi connectivity index (χ2n) is 5.28. The van der Waals surface area contributed by atoms with Crippen molar-refractivity contribution in [3.05, 3.63) is 27.7 Å². The zero-order valence-corrected chi connectivity index (χ0v) is 13.2. The van der Waals surface area contributed by atoms with E-state index in [1.165, 1.54) is 40.7 Å². The molecule has 1 saturated heterocycles. The van der Waals surface area contributed by atoms with E-state index in [0.717, 1.165) is 13.1 Å². The lowest BCUT2D eigenvalue weighted by Crippen LogP contribution is -2.32. The molecule has 1 fully saturated rings. The van der Waals surface area contributed by atoms with E-state index >= 15 is 0 Å². The normalized spacial score (nSPS) is 19.6. The minimum atomic E-state index is 0.661. The third-order valence-electron chi connectivity index (χ3n) is 3.66. The van der Waals surface area contributed by atoms with Crippen molar-refractivity contribution in [3.63, 3.8) is 0 Å². The first kappa shape index (κ1) is 13.9. The van der Waals surface area contributed by atoms with E-state index in [4.69, 9.17) is 0 Å². The van der Waals surface area contributed by atoms with Crippen LogP contribution in [0, 0.1) is 13.8 Å². The maximum Gasteiger partial charge on any atom is 0.0372 e. The third-order valence-corrected chi connectivity index (χ3v) is 4.91. The van der Waals surface area contributed by atoms with Gasteiger partial charge >= 0.3 is 0 Å². The van der Waals surface area contributed by atoms with Crippen molar-refractivity contribution in [1.82, 2.24) is 5.32 Å². The van der Waals surface area contributed by atoms with Crippen LogP contribution in [0.2, 0.25) is 0 Å². The van der Waals surface area contributed by atoms with E-state index in [9.17, 15) is 0 Å². The molecule has 0 radical (unpaired) electrons. The molecule has 1 unspecified atom stereocenters. The maximum atomic E-state index is 3.64. The molecule has 100 valence electrons. The average molecular weight is 311 g/mol. The zero-order chi connectivity index (χ0) is 13.1. The van der Waals surface area contributed by atoms with Crippen molar-refractivity contribution in [3.8, 4) is 0 Å². The smallest absolute Gasteiger partial charge is 0.0372 e. The Labute approximate surface area is 119 Å². The van der Waals surface area contributed by atoms with Gasteiger partial charge in [0, 0.05) is 29.3 Å². The molecule has 2 nitrogen and oxygen atoms in total. The van der Waals surface area contributed by atoms with Gasteiger partial charge in [0.1, 0.15) is 0 Å². The molecule has 1 N–H and O–H groups in total. The summed E-state index contributed by atoms with van der Waals surface area (Å²) in [5.41, 5.74) is 4.03. The Morgan fingerprint density at radius 1 is 1.33 bits per heavy atom. The summed E-state index contributed by atoms with van der Waals surface area (Å²) in [6.45, 7) is 10.0. The first-order valence-corrected chi connectivity index (χ1v) is 7.66. The van der Waals surface area contributed by atoms with E-state index < -0.39 is 0 Å². The van der Waals surface area contributed by atoms with Gasteiger partial charge in [-0.05, 0) is 56.5 Å². The predicted octanol–water partition coefficient (Wildman–Crippen LogP) is 3.64. The Balaban J connectivity index is 2.05. The maximum absolute atomic E-state index is 3.64. The van der Waals surface area contributed by atoms with Crippen molar-refractivity contribution in [2.45, 2.75) is 39.7 Å². The fourth-order valence-electron chi connectivity index (χ4n) is 2.62. The Bertz CT molecular complexity index is 394. The molecule has 2 rings (SSSR count). The number of aryl methyl sites for hydroxylation is 2. The van der Waals surface area contributed by atoms with Crippen LogP contribution < -0.4 is 10.2 Å². The standard InChI is InChI=1S/C15H23BrN2/c1-4-6-17-13-5-7-18(10-13)14-8-11(2)15(16)12(3)9-14/h8-9,13,17H,4-7,10H2,1-3H3. The van der Waals surface area contributed by atoms with Gasteiger partial charge in [-0.15, -0.1) is 0 Å². The summed E-state index contributed by atoms with van der Waals surface area (Å²) in [5, 5.41) is 3.62. The molecule has 0 aliphatic carbocycles. The van der Waals surface area contributed by atoms with E-state index in [1.54, 1.807) is 0 Å². The number of hydrogen-bond acceptors (Lipinski definition) is 2. The number of rotatable bonds is 4. The summed E-state index contributed by atoms with van der Waals surface area (Å²) in [7, 11) is 0. The molecule has 0 aromatic heterocycles. The van der Waals surface area contributed by atoms with Gasteiger partial charge in [-0.3, -0.25) is 0 Å². The molecule has 1 aliphatic rings. The van der Waals surface area contributed by atoms with Gasteiger partial charge in [-0.2, -0.15) is 0 Å². The SMILES string of the molecule is CCCNC1CCN(c2cc(C)c(Br)c(C)c2)C1. The second-order valence-corrected chi connectivity index (χ2v) is 6.07. The summed E-state index contributed by atoms with van der Waals surface area (Å²) < 4.78 is 1.24. The summed E-state index contributed by atoms with van der Waals surface area (Å²) in [6.07, 6.45) is 2.47. The molecule has 0 saturated carbocycles. The topological polar surface area (TPSA) is 15.3 Å². The first-order chi connectivity index (χ1) is 8.61. The molecule has 1 aromatic carbocycles. The molecule has 1 aliphatic heterocycles. The van der Waals surface area contributed by atoms with Crippen LogP contribution in [-0.2, 0) is 0 Å². The van der Waals surface area contributed by atoms with Crippen molar-refractivity contribution in [2.24, 2.45) is 0 Å². The van der Waals surface area contributed by atoms with E-state index in [-0.39, 0.29) is 0 Å². The second kappa shape index (κ2) is 6.07. The first-order valence-electron chi connectivity index (χ1n) is 6.87. The van der Waals surface area contributed by atoms with E-state index in [1.807, 2.05) is 0 Å². The highest BCUT2D eigenvalue weighted by molar-refractivity contribution is 9.10. The minimum absolute atomic E-state index is 0.661. The number of benzene rings is 1. The van der Waals surface area contributed by atoms with Crippen molar-refractivity contribution >= 4 is 21.6 Å². The Hall–Kier alpha value is -0.540. The summed E-state index contributed by atoms with van der Waals surface area (Å²) in [5.74, 6) is 0. The molecule has 0 amide bonds. The zero-order valence-electron chi connectivity index (χ0n) is 11.6. The van der Waals surface area contributed by atoms with Crippen LogP contribution in [0.15, 0.2) is 16.6 Å². The number of anilines is 1. The van der Waals surface area contributed by atoms with Crippen LogP contribution in [0.5, 0.6) is 0 Å². The molecule has 3 heteroatoms. The highest BCUT2D eigenvalue weighted by Crippen LogP contribution is 2.29. The molecular weight excluding hydrogens is 288 g/mol. The van der Waals surface area contributed by atoms with Crippen LogP contribution in [0.4, 0.5) is 5.69 Å². The molecule has 0 bridgehead atoms. The predicted molar refractivity (Wildman–Crippen MR) is 82.5 cm³/mol. The van der Waals surface area contributed by atoms with Gasteiger partial charge in [0.25, 0.3) is 0 Å². The number of halogens is 1. The largest absolute Gasteiger partial charge is 0.370 e. The van der Waals surface area contributed by atoms with Gasteiger partial charge < -0.3 is 10.2 Å². The van der Waals surface area contributed by atoms with Crippen LogP contribution in [0.25, 0.3) is 0 Å². The third kappa shape index (κ3) is 3.07. The van der Waals surface area contributed by atoms with E-state index in [2.05, 4.69) is 59.1 Å². The van der Waals surface area contributed by atoms with E-state index in [0.29, 0.717) is 6.04 Å². The average Bonchev–Trinajstić information content (AvgIpc) is 2.81. The molecule has 18 heavy (non-hydrogen) atoms. The van der Waals surface area contributed by atoms with Gasteiger partial charge in [0.15, 0.2) is 0 Å². The lowest BCUT2D eigenvalue weighted by Gasteiger charge is -2.21. The van der Waals surface area contributed by atoms with Crippen molar-refractivity contribution in [2.75, 3.05) is 24.5 Å².